The number of hydrogen-bond donors (Lipinski definition) is 6. The number of nitrogen functional groups attached to an aromatic ring is 1. The summed E-state index contributed by atoms with van der Waals surface area (Å²) in [5.41, 5.74) is 10.6. The van der Waals surface area contributed by atoms with Crippen molar-refractivity contribution in [2.75, 3.05) is 43.4 Å². The van der Waals surface area contributed by atoms with Crippen molar-refractivity contribution in [1.82, 2.24) is 40.7 Å². The highest BCUT2D eigenvalue weighted by atomic mass is 32.1. The van der Waals surface area contributed by atoms with Crippen molar-refractivity contribution in [2.24, 2.45) is 5.41 Å². The van der Waals surface area contributed by atoms with Gasteiger partial charge in [0.2, 0.25) is 29.6 Å². The van der Waals surface area contributed by atoms with Crippen LogP contribution in [-0.4, -0.2) is 116 Å². The number of amides is 4. The standard InChI is InChI=1S/C50H66N12O5S2/c1-30-27-60(22-11-23-61(30)48-54-20-18-36(57-48)43(52)59-47(67)50(6)19-10-12-38-40(50)35(25-51)44(53)69-38)21-9-7-8-13-39(64)58-42(49(3,4)5)46(66)62-28-34(63)24-37(62)45(65)55-26-32-14-16-33(17-15-32)41-31(2)56-29-68-41/h14-18,20,29-30,34,37,42,63H,7-13,19,21-24,26-28,53H2,1-6H3,(H,55,65)(H,58,64)(H2,52,59,67)/t30-,34+,37-,42+,50-/m0/s1. The number of aliphatic hydroxyl groups excluding tert-OH is 1. The van der Waals surface area contributed by atoms with Gasteiger partial charge in [-0.1, -0.05) is 51.5 Å². The zero-order chi connectivity index (χ0) is 49.6. The molecule has 7 rings (SSSR count). The maximum absolute atomic E-state index is 14.1. The lowest BCUT2D eigenvalue weighted by Gasteiger charge is -2.35. The molecule has 0 spiro atoms. The Balaban J connectivity index is 0.856. The SMILES string of the molecule is Cc1ncsc1-c1ccc(CNC(=O)[C@@H]2C[C@@H](O)CN2C(=O)[C@@H](NC(=O)CCCCCN2CCCN(c3nccc(C(=N)NC(=O)[C@@]4(C)CCCc5sc(N)c(C#N)c54)n3)[C@@H](C)C2)C(C)(C)C)cc1. The number of unbranched alkanes of at least 4 members (excludes halogenated alkanes) is 2. The van der Waals surface area contributed by atoms with E-state index in [1.807, 2.05) is 64.4 Å². The second kappa shape index (κ2) is 21.9. The Morgan fingerprint density at radius 3 is 2.55 bits per heavy atom. The molecule has 0 radical (unpaired) electrons. The van der Waals surface area contributed by atoms with Gasteiger partial charge >= 0.3 is 0 Å². The van der Waals surface area contributed by atoms with E-state index in [2.05, 4.69) is 48.7 Å². The van der Waals surface area contributed by atoms with E-state index in [1.165, 1.54) is 16.2 Å². The fourth-order valence-electron chi connectivity index (χ4n) is 9.82. The summed E-state index contributed by atoms with van der Waals surface area (Å²) < 4.78 is 0. The Hall–Kier alpha value is -5.81. The first-order chi connectivity index (χ1) is 32.9. The molecule has 368 valence electrons. The molecule has 0 unspecified atom stereocenters. The molecule has 0 saturated carbocycles. The first-order valence-electron chi connectivity index (χ1n) is 24.0. The number of anilines is 2. The zero-order valence-electron chi connectivity index (χ0n) is 40.6. The summed E-state index contributed by atoms with van der Waals surface area (Å²) >= 11 is 2.94. The summed E-state index contributed by atoms with van der Waals surface area (Å²) in [5.74, 6) is -0.962. The Morgan fingerprint density at radius 1 is 1.07 bits per heavy atom. The third-order valence-electron chi connectivity index (χ3n) is 13.7. The van der Waals surface area contributed by atoms with Crippen LogP contribution in [0.15, 0.2) is 42.0 Å². The molecular weight excluding hydrogens is 913 g/mol. The molecule has 3 aliphatic rings. The number of rotatable bonds is 15. The highest BCUT2D eigenvalue weighted by Gasteiger charge is 2.45. The molecule has 3 aromatic heterocycles. The maximum atomic E-state index is 14.1. The van der Waals surface area contributed by atoms with E-state index in [9.17, 15) is 29.5 Å². The number of carbonyl (C=O) groups excluding carboxylic acids is 4. The van der Waals surface area contributed by atoms with Gasteiger partial charge in [0.15, 0.2) is 5.84 Å². The van der Waals surface area contributed by atoms with Gasteiger partial charge in [-0.15, -0.1) is 22.7 Å². The summed E-state index contributed by atoms with van der Waals surface area (Å²) in [4.78, 5) is 76.4. The quantitative estimate of drug-likeness (QED) is 0.0496. The lowest BCUT2D eigenvalue weighted by Crippen LogP contribution is -2.57. The van der Waals surface area contributed by atoms with Crippen LogP contribution in [0.1, 0.15) is 119 Å². The van der Waals surface area contributed by atoms with Crippen LogP contribution in [0.25, 0.3) is 10.4 Å². The second-order valence-corrected chi connectivity index (χ2v) is 22.0. The number of β-amino-alcohol motifs (C(OH)–C–C–N with tert-alkyl or cyclic N) is 1. The summed E-state index contributed by atoms with van der Waals surface area (Å²) in [7, 11) is 0. The minimum Gasteiger partial charge on any atom is -0.391 e. The molecule has 7 N–H and O–H groups in total. The summed E-state index contributed by atoms with van der Waals surface area (Å²) in [6, 6.07) is 10.0. The van der Waals surface area contributed by atoms with Gasteiger partial charge in [0.1, 0.15) is 28.8 Å². The van der Waals surface area contributed by atoms with E-state index in [4.69, 9.17) is 16.1 Å². The molecule has 2 fully saturated rings. The lowest BCUT2D eigenvalue weighted by atomic mass is 9.72. The first kappa shape index (κ1) is 51.1. The molecule has 5 atom stereocenters. The summed E-state index contributed by atoms with van der Waals surface area (Å²) in [6.45, 7) is 15.1. The van der Waals surface area contributed by atoms with Gasteiger partial charge in [-0.2, -0.15) is 5.26 Å². The Morgan fingerprint density at radius 2 is 1.84 bits per heavy atom. The van der Waals surface area contributed by atoms with Gasteiger partial charge in [0, 0.05) is 61.7 Å². The number of thiazole rings is 1. The van der Waals surface area contributed by atoms with Crippen molar-refractivity contribution < 1.29 is 24.3 Å². The van der Waals surface area contributed by atoms with Gasteiger partial charge in [-0.25, -0.2) is 15.0 Å². The van der Waals surface area contributed by atoms with Crippen LogP contribution in [0.3, 0.4) is 0 Å². The maximum Gasteiger partial charge on any atom is 0.246 e. The normalized spacial score (nSPS) is 21.2. The molecule has 1 aromatic carbocycles. The van der Waals surface area contributed by atoms with Crippen molar-refractivity contribution in [1.29, 1.82) is 10.7 Å². The number of likely N-dealkylation sites (tertiary alicyclic amines) is 1. The van der Waals surface area contributed by atoms with Crippen LogP contribution in [0.2, 0.25) is 0 Å². The van der Waals surface area contributed by atoms with Crippen LogP contribution in [0, 0.1) is 29.1 Å². The predicted molar refractivity (Wildman–Crippen MR) is 269 cm³/mol. The van der Waals surface area contributed by atoms with Crippen molar-refractivity contribution in [3.8, 4) is 16.5 Å². The number of aryl methyl sites for hydroxylation is 2. The fourth-order valence-corrected chi connectivity index (χ4v) is 11.8. The third-order valence-corrected chi connectivity index (χ3v) is 15.7. The number of thiophene rings is 1. The number of aliphatic hydroxyl groups is 1. The van der Waals surface area contributed by atoms with Gasteiger partial charge in [-0.05, 0) is 95.0 Å². The number of fused-ring (bicyclic) bond motifs is 1. The number of hydrogen-bond acceptors (Lipinski definition) is 15. The number of aromatic nitrogens is 3. The molecular formula is C50H66N12O5S2. The number of nitrogens with one attached hydrogen (secondary N) is 4. The van der Waals surface area contributed by atoms with Crippen molar-refractivity contribution in [2.45, 2.75) is 136 Å². The van der Waals surface area contributed by atoms with Crippen LogP contribution in [-0.2, 0) is 37.6 Å². The monoisotopic (exact) mass is 978 g/mol. The minimum absolute atomic E-state index is 0.0126. The molecule has 2 saturated heterocycles. The number of amidine groups is 1. The average molecular weight is 979 g/mol. The van der Waals surface area contributed by atoms with Gasteiger partial charge in [0.05, 0.1) is 33.2 Å². The first-order valence-corrected chi connectivity index (χ1v) is 25.7. The summed E-state index contributed by atoms with van der Waals surface area (Å²) in [5, 5.41) is 38.4. The predicted octanol–water partition coefficient (Wildman–Crippen LogP) is 5.43. The molecule has 4 amide bonds. The minimum atomic E-state index is -0.996. The molecule has 5 heterocycles. The third kappa shape index (κ3) is 11.8. The van der Waals surface area contributed by atoms with E-state index in [0.717, 1.165) is 84.9 Å². The molecule has 19 heteroatoms. The molecule has 2 aliphatic heterocycles. The van der Waals surface area contributed by atoms with Gasteiger partial charge in [-0.3, -0.25) is 24.6 Å². The van der Waals surface area contributed by atoms with Crippen LogP contribution < -0.4 is 26.6 Å². The number of nitrogens with two attached hydrogens (primary N) is 1. The van der Waals surface area contributed by atoms with Crippen molar-refractivity contribution in [3.05, 3.63) is 75.0 Å². The smallest absolute Gasteiger partial charge is 0.246 e. The Labute approximate surface area is 412 Å². The van der Waals surface area contributed by atoms with Crippen LogP contribution in [0.5, 0.6) is 0 Å². The molecule has 0 bridgehead atoms. The topological polar surface area (TPSA) is 247 Å². The van der Waals surface area contributed by atoms with E-state index in [0.29, 0.717) is 40.6 Å². The van der Waals surface area contributed by atoms with E-state index in [-0.39, 0.29) is 61.4 Å². The number of nitrogens with zero attached hydrogens (tertiary/aromatic N) is 7. The molecule has 69 heavy (non-hydrogen) atoms. The largest absolute Gasteiger partial charge is 0.391 e. The van der Waals surface area contributed by atoms with E-state index < -0.39 is 29.0 Å². The number of nitriles is 1. The van der Waals surface area contributed by atoms with E-state index in [1.54, 1.807) is 23.6 Å². The molecule has 1 aliphatic carbocycles. The Kier molecular flexibility index (Phi) is 16.2. The summed E-state index contributed by atoms with van der Waals surface area (Å²) in [6.07, 6.45) is 6.44. The highest BCUT2D eigenvalue weighted by molar-refractivity contribution is 7.16. The van der Waals surface area contributed by atoms with E-state index >= 15 is 0 Å². The number of carbonyl (C=O) groups is 4. The van der Waals surface area contributed by atoms with Gasteiger partial charge < -0.3 is 41.5 Å². The highest BCUT2D eigenvalue weighted by Crippen LogP contribution is 2.45. The van der Waals surface area contributed by atoms with Crippen molar-refractivity contribution >= 4 is 63.1 Å². The van der Waals surface area contributed by atoms with Crippen LogP contribution >= 0.6 is 22.7 Å². The molecule has 4 aromatic rings. The fraction of sp³-hybridized carbons (Fsp3) is 0.540. The zero-order valence-corrected chi connectivity index (χ0v) is 42.2. The van der Waals surface area contributed by atoms with Gasteiger partial charge in [0.25, 0.3) is 0 Å². The second-order valence-electron chi connectivity index (χ2n) is 20.0. The lowest BCUT2D eigenvalue weighted by molar-refractivity contribution is -0.144. The molecule has 17 nitrogen and oxygen atoms in total. The van der Waals surface area contributed by atoms with Crippen LogP contribution in [0.4, 0.5) is 10.9 Å². The van der Waals surface area contributed by atoms with Crippen molar-refractivity contribution in [3.63, 3.8) is 0 Å². The average Bonchev–Trinajstić information content (AvgIpc) is 3.99. The number of benzene rings is 1. The Bertz CT molecular complexity index is 2570.